The lowest BCUT2D eigenvalue weighted by atomic mass is 9.88. The molecule has 0 unspecified atom stereocenters. The van der Waals surface area contributed by atoms with Crippen molar-refractivity contribution in [2.24, 2.45) is 5.92 Å². The van der Waals surface area contributed by atoms with Gasteiger partial charge in [0.05, 0.1) is 0 Å². The summed E-state index contributed by atoms with van der Waals surface area (Å²) < 4.78 is 0. The van der Waals surface area contributed by atoms with E-state index in [2.05, 4.69) is 36.2 Å². The predicted octanol–water partition coefficient (Wildman–Crippen LogP) is 6.82. The van der Waals surface area contributed by atoms with Crippen molar-refractivity contribution >= 4 is 23.6 Å². The molecule has 0 radical (unpaired) electrons. The summed E-state index contributed by atoms with van der Waals surface area (Å²) >= 11 is 1.58. The highest BCUT2D eigenvalue weighted by molar-refractivity contribution is 7.98. The molecule has 1 aliphatic carbocycles. The van der Waals surface area contributed by atoms with E-state index in [1.165, 1.54) is 57.1 Å². The maximum atomic E-state index is 13.4. The van der Waals surface area contributed by atoms with E-state index in [4.69, 9.17) is 0 Å². The van der Waals surface area contributed by atoms with E-state index in [1.807, 2.05) is 36.6 Å². The van der Waals surface area contributed by atoms with E-state index in [-0.39, 0.29) is 5.91 Å². The number of hydrogen-bond acceptors (Lipinski definition) is 4. The van der Waals surface area contributed by atoms with Gasteiger partial charge >= 0.3 is 5.97 Å². The van der Waals surface area contributed by atoms with Gasteiger partial charge in [0.1, 0.15) is 6.04 Å². The third kappa shape index (κ3) is 9.16. The normalized spacial score (nSPS) is 14.9. The molecule has 0 bridgehead atoms. The average molecular weight is 539 g/mol. The van der Waals surface area contributed by atoms with Crippen molar-refractivity contribution in [3.8, 4) is 11.1 Å². The molecule has 0 saturated heterocycles. The zero-order valence-corrected chi connectivity index (χ0v) is 24.3. The molecule has 208 valence electrons. The van der Waals surface area contributed by atoms with Crippen molar-refractivity contribution in [3.63, 3.8) is 0 Å². The molecule has 1 amide bonds. The number of rotatable bonds is 15. The van der Waals surface area contributed by atoms with Crippen LogP contribution < -0.4 is 5.32 Å². The zero-order valence-electron chi connectivity index (χ0n) is 23.5. The smallest absolute Gasteiger partial charge is 0.326 e. The Morgan fingerprint density at radius 3 is 2.53 bits per heavy atom. The summed E-state index contributed by atoms with van der Waals surface area (Å²) in [4.78, 5) is 27.8. The summed E-state index contributed by atoms with van der Waals surface area (Å²) in [6, 6.07) is 13.3. The van der Waals surface area contributed by atoms with Crippen LogP contribution in [0, 0.1) is 12.8 Å². The summed E-state index contributed by atoms with van der Waals surface area (Å²) in [6.45, 7) is 7.67. The summed E-state index contributed by atoms with van der Waals surface area (Å²) in [5.74, 6) is 0.176. The van der Waals surface area contributed by atoms with Crippen molar-refractivity contribution in [1.82, 2.24) is 10.2 Å². The van der Waals surface area contributed by atoms with Crippen molar-refractivity contribution < 1.29 is 14.7 Å². The second-order valence-corrected chi connectivity index (χ2v) is 11.7. The van der Waals surface area contributed by atoms with Gasteiger partial charge in [-0.25, -0.2) is 4.79 Å². The van der Waals surface area contributed by atoms with Crippen LogP contribution in [0.15, 0.2) is 42.5 Å². The molecule has 0 spiro atoms. The lowest BCUT2D eigenvalue weighted by Gasteiger charge is -2.30. The number of amides is 1. The molecule has 2 aromatic carbocycles. The Balaban J connectivity index is 1.82. The monoisotopic (exact) mass is 538 g/mol. The van der Waals surface area contributed by atoms with Gasteiger partial charge in [-0.15, -0.1) is 0 Å². The fraction of sp³-hybridized carbons (Fsp3) is 0.562. The molecule has 38 heavy (non-hydrogen) atoms. The van der Waals surface area contributed by atoms with Crippen LogP contribution in [-0.2, 0) is 11.2 Å². The molecule has 5 nitrogen and oxygen atoms in total. The third-order valence-corrected chi connectivity index (χ3v) is 8.41. The topological polar surface area (TPSA) is 69.6 Å². The van der Waals surface area contributed by atoms with Gasteiger partial charge in [0.15, 0.2) is 0 Å². The fourth-order valence-corrected chi connectivity index (χ4v) is 5.94. The van der Waals surface area contributed by atoms with Crippen LogP contribution in [0.25, 0.3) is 11.1 Å². The molecule has 1 saturated carbocycles. The first-order valence-electron chi connectivity index (χ1n) is 14.4. The van der Waals surface area contributed by atoms with E-state index >= 15 is 0 Å². The molecule has 2 aromatic rings. The molecule has 6 heteroatoms. The summed E-state index contributed by atoms with van der Waals surface area (Å²) in [7, 11) is 0. The summed E-state index contributed by atoms with van der Waals surface area (Å²) in [5.41, 5.74) is 4.73. The number of carboxylic acids is 1. The van der Waals surface area contributed by atoms with E-state index in [9.17, 15) is 14.7 Å². The van der Waals surface area contributed by atoms with Gasteiger partial charge in [-0.1, -0.05) is 69.0 Å². The Kier molecular flexibility index (Phi) is 12.7. The molecular formula is C32H46N2O3S. The average Bonchev–Trinajstić information content (AvgIpc) is 2.93. The van der Waals surface area contributed by atoms with E-state index in [0.717, 1.165) is 42.1 Å². The number of carbonyl (C=O) groups is 2. The lowest BCUT2D eigenvalue weighted by molar-refractivity contribution is -0.139. The Labute approximate surface area is 233 Å². The van der Waals surface area contributed by atoms with Gasteiger partial charge < -0.3 is 15.3 Å². The Morgan fingerprint density at radius 2 is 1.84 bits per heavy atom. The number of carboxylic acid groups (broad SMARTS) is 1. The quantitative estimate of drug-likeness (QED) is 0.260. The highest BCUT2D eigenvalue weighted by atomic mass is 32.2. The summed E-state index contributed by atoms with van der Waals surface area (Å²) in [5, 5.41) is 12.4. The van der Waals surface area contributed by atoms with Crippen molar-refractivity contribution in [1.29, 1.82) is 0 Å². The van der Waals surface area contributed by atoms with E-state index in [1.54, 1.807) is 11.8 Å². The van der Waals surface area contributed by atoms with Gasteiger partial charge in [-0.3, -0.25) is 4.79 Å². The molecule has 0 aliphatic heterocycles. The van der Waals surface area contributed by atoms with Gasteiger partial charge in [-0.05, 0) is 91.8 Å². The van der Waals surface area contributed by atoms with E-state index in [0.29, 0.717) is 17.7 Å². The van der Waals surface area contributed by atoms with Crippen molar-refractivity contribution in [2.75, 3.05) is 31.6 Å². The van der Waals surface area contributed by atoms with Crippen LogP contribution in [-0.4, -0.2) is 59.6 Å². The van der Waals surface area contributed by atoms with Gasteiger partial charge in [0.25, 0.3) is 5.91 Å². The Bertz CT molecular complexity index is 1040. The van der Waals surface area contributed by atoms with Gasteiger partial charge in [-0.2, -0.15) is 11.8 Å². The maximum absolute atomic E-state index is 13.4. The van der Waals surface area contributed by atoms with Gasteiger partial charge in [0, 0.05) is 18.7 Å². The second kappa shape index (κ2) is 15.9. The first-order valence-corrected chi connectivity index (χ1v) is 15.8. The number of nitrogens with one attached hydrogen (secondary N) is 1. The van der Waals surface area contributed by atoms with Gasteiger partial charge in [0.2, 0.25) is 0 Å². The molecule has 0 heterocycles. The molecule has 0 aromatic heterocycles. The Hall–Kier alpha value is -2.31. The second-order valence-electron chi connectivity index (χ2n) is 10.7. The highest BCUT2D eigenvalue weighted by Crippen LogP contribution is 2.29. The lowest BCUT2D eigenvalue weighted by Crippen LogP contribution is -2.41. The number of unbranched alkanes of at least 4 members (excludes halogenated alkanes) is 1. The first kappa shape index (κ1) is 30.2. The maximum Gasteiger partial charge on any atom is 0.326 e. The number of carbonyl (C=O) groups excluding carboxylic acids is 1. The predicted molar refractivity (Wildman–Crippen MR) is 160 cm³/mol. The van der Waals surface area contributed by atoms with Crippen molar-refractivity contribution in [3.05, 3.63) is 59.2 Å². The number of aryl methyl sites for hydroxylation is 1. The largest absolute Gasteiger partial charge is 0.480 e. The van der Waals surface area contributed by atoms with Crippen molar-refractivity contribution in [2.45, 2.75) is 77.7 Å². The highest BCUT2D eigenvalue weighted by Gasteiger charge is 2.23. The van der Waals surface area contributed by atoms with Crippen LogP contribution in [0.2, 0.25) is 0 Å². The fourth-order valence-electron chi connectivity index (χ4n) is 5.47. The minimum atomic E-state index is -0.994. The number of thioether (sulfide) groups is 1. The summed E-state index contributed by atoms with van der Waals surface area (Å²) in [6.07, 6.45) is 12.5. The first-order chi connectivity index (χ1) is 18.4. The number of hydrogen-bond donors (Lipinski definition) is 2. The minimum absolute atomic E-state index is 0.329. The minimum Gasteiger partial charge on any atom is -0.480 e. The molecule has 1 fully saturated rings. The SMILES string of the molecule is CCCCN(CCc1ccc(C(=O)N[C@@H](CCSC)C(=O)O)c(-c2ccccc2C)c1)CC1CCCCC1. The number of benzene rings is 2. The third-order valence-electron chi connectivity index (χ3n) is 7.76. The van der Waals surface area contributed by atoms with Crippen LogP contribution in [0.1, 0.15) is 79.8 Å². The zero-order chi connectivity index (χ0) is 27.3. The van der Waals surface area contributed by atoms with Crippen LogP contribution in [0.5, 0.6) is 0 Å². The molecule has 1 aliphatic rings. The number of nitrogens with zero attached hydrogens (tertiary/aromatic N) is 1. The molecule has 3 rings (SSSR count). The number of aliphatic carboxylic acids is 1. The molecule has 2 N–H and O–H groups in total. The standard InChI is InChI=1S/C32H46N2O3S/c1-4-5-19-34(23-26-12-7-6-8-13-26)20-17-25-15-16-28(29(22-25)27-14-10-9-11-24(27)2)31(35)33-30(32(36)37)18-21-38-3/h9-11,14-16,22,26,30H,4-8,12-13,17-21,23H2,1-3H3,(H,33,35)(H,36,37)/t30-/m0/s1. The van der Waals surface area contributed by atoms with Crippen LogP contribution >= 0.6 is 11.8 Å². The molecular weight excluding hydrogens is 492 g/mol. The molecule has 1 atom stereocenters. The van der Waals surface area contributed by atoms with E-state index < -0.39 is 12.0 Å². The van der Waals surface area contributed by atoms with Crippen LogP contribution in [0.3, 0.4) is 0 Å². The Morgan fingerprint density at radius 1 is 1.08 bits per heavy atom. The van der Waals surface area contributed by atoms with Crippen LogP contribution in [0.4, 0.5) is 0 Å².